The van der Waals surface area contributed by atoms with Crippen LogP contribution in [0.4, 0.5) is 39.0 Å². The summed E-state index contributed by atoms with van der Waals surface area (Å²) in [5.41, 5.74) is -1.38. The average Bonchev–Trinajstić information content (AvgIpc) is 3.26. The van der Waals surface area contributed by atoms with Crippen LogP contribution < -0.4 is 26.4 Å². The first-order valence-corrected chi connectivity index (χ1v) is 19.8. The van der Waals surface area contributed by atoms with E-state index < -0.39 is 47.6 Å². The number of aromatic nitrogens is 1. The Balaban J connectivity index is 0.000000241. The Morgan fingerprint density at radius 1 is 0.567 bits per heavy atom. The molecule has 301 valence electrons. The van der Waals surface area contributed by atoms with E-state index in [-0.39, 0.29) is 66.0 Å². The fraction of sp³-hybridized carbons (Fsp3) is 0.0213. The summed E-state index contributed by atoms with van der Waals surface area (Å²) in [6.45, 7) is 0. The predicted octanol–water partition coefficient (Wildman–Crippen LogP) is 10.5. The number of carbonyl (C=O) groups is 1. The summed E-state index contributed by atoms with van der Waals surface area (Å²) in [4.78, 5) is 27.1. The zero-order valence-electron chi connectivity index (χ0n) is 31.2. The molecule has 0 amide bonds. The number of para-hydroxylation sites is 1. The van der Waals surface area contributed by atoms with E-state index in [2.05, 4.69) is 0 Å². The summed E-state index contributed by atoms with van der Waals surface area (Å²) in [7, 11) is -2.78. The molecule has 7 aromatic carbocycles. The van der Waals surface area contributed by atoms with E-state index in [1.807, 2.05) is 91.0 Å². The van der Waals surface area contributed by atoms with E-state index in [1.165, 1.54) is 78.9 Å². The molecule has 0 bridgehead atoms. The van der Waals surface area contributed by atoms with Crippen molar-refractivity contribution >= 4 is 56.8 Å². The molecule has 8 rings (SSSR count). The molecule has 0 aliphatic rings. The number of aromatic hydroxyl groups is 1. The number of rotatable bonds is 8. The van der Waals surface area contributed by atoms with Gasteiger partial charge in [0.15, 0.2) is 7.14 Å². The van der Waals surface area contributed by atoms with Crippen molar-refractivity contribution in [1.82, 2.24) is 4.57 Å². The number of Topliss-reactive ketones (excluding diaryl/α,β-unsaturated/α-hetero) is 1. The molecule has 0 spiro atoms. The van der Waals surface area contributed by atoms with E-state index >= 15 is 0 Å². The van der Waals surface area contributed by atoms with Crippen molar-refractivity contribution in [3.63, 3.8) is 0 Å². The molecule has 0 atom stereocenters. The van der Waals surface area contributed by atoms with Crippen molar-refractivity contribution in [2.24, 2.45) is 0 Å². The van der Waals surface area contributed by atoms with Crippen molar-refractivity contribution in [3.05, 3.63) is 216 Å². The van der Waals surface area contributed by atoms with Gasteiger partial charge in [-0.05, 0) is 78.9 Å². The van der Waals surface area contributed by atoms with Gasteiger partial charge in [0.25, 0.3) is 11.3 Å². The van der Waals surface area contributed by atoms with Crippen molar-refractivity contribution in [1.29, 1.82) is 0 Å². The number of nitrogens with zero attached hydrogens (tertiary/aromatic N) is 2. The third kappa shape index (κ3) is 9.12. The zero-order valence-corrected chi connectivity index (χ0v) is 34.5. The van der Waals surface area contributed by atoms with Gasteiger partial charge in [-0.3, -0.25) is 14.2 Å². The van der Waals surface area contributed by atoms with Crippen LogP contribution in [-0.2, 0) is 4.57 Å². The monoisotopic (exact) mass is 967 g/mol. The molecule has 0 saturated carbocycles. The maximum absolute atomic E-state index is 13.8. The minimum Gasteiger partial charge on any atom is -0.506 e. The predicted molar refractivity (Wildman–Crippen MR) is 222 cm³/mol. The molecule has 60 heavy (non-hydrogen) atoms. The number of carbonyl (C=O) groups excluding carboxylic acids is 1. The molecule has 0 fully saturated rings. The fourth-order valence-corrected chi connectivity index (χ4v) is 9.34. The van der Waals surface area contributed by atoms with Gasteiger partial charge in [-0.15, -0.1) is 0 Å². The van der Waals surface area contributed by atoms with Crippen LogP contribution in [0.3, 0.4) is 0 Å². The van der Waals surface area contributed by atoms with Crippen LogP contribution in [0, 0.1) is 61.0 Å². The van der Waals surface area contributed by atoms with Gasteiger partial charge < -0.3 is 14.6 Å². The van der Waals surface area contributed by atoms with Gasteiger partial charge in [0.2, 0.25) is 0 Å². The van der Waals surface area contributed by atoms with E-state index in [1.54, 1.807) is 23.1 Å². The number of ketones is 1. The number of hydrogen-bond donors (Lipinski definition) is 1. The van der Waals surface area contributed by atoms with Crippen LogP contribution in [0.1, 0.15) is 10.4 Å². The van der Waals surface area contributed by atoms with Crippen molar-refractivity contribution in [3.8, 4) is 11.4 Å². The van der Waals surface area contributed by atoms with Gasteiger partial charge in [0.1, 0.15) is 22.9 Å². The molecule has 8 aromatic rings. The Morgan fingerprint density at radius 2 is 0.950 bits per heavy atom. The Hall–Kier alpha value is -5.52. The summed E-state index contributed by atoms with van der Waals surface area (Å²) in [5, 5.41) is 13.2. The number of fused-ring (bicyclic) bond motifs is 1. The number of hydrogen-bond acceptors (Lipinski definition) is 5. The van der Waals surface area contributed by atoms with Gasteiger partial charge in [-0.2, -0.15) is 13.2 Å². The maximum atomic E-state index is 13.8. The molecule has 1 aromatic heterocycles. The number of benzene rings is 7. The second-order valence-electron chi connectivity index (χ2n) is 13.1. The first-order chi connectivity index (χ1) is 28.4. The SMILES string of the molecule is O=C(c1c(O)c2ccc(N(c3ccc(F)cc3)c3ccc(F)cc3)cc2n(-c2ccccc2)c1=O)C(F)(F)F.O=P(c1ccccc1)(c1ccccc1)c1ccccc1.[Eu]. The Kier molecular flexibility index (Phi) is 13.8. The molecule has 0 aliphatic carbocycles. The van der Waals surface area contributed by atoms with E-state index in [0.717, 1.165) is 20.5 Å². The molecule has 0 unspecified atom stereocenters. The fourth-order valence-electron chi connectivity index (χ4n) is 6.67. The Labute approximate surface area is 382 Å². The normalized spacial score (nSPS) is 11.2. The number of halogens is 5. The minimum absolute atomic E-state index is 0. The molecule has 13 heteroatoms. The van der Waals surface area contributed by atoms with Gasteiger partial charge in [-0.25, -0.2) is 8.78 Å². The van der Waals surface area contributed by atoms with Crippen LogP contribution in [0.15, 0.2) is 193 Å². The summed E-state index contributed by atoms with van der Waals surface area (Å²) in [5.74, 6) is -4.58. The van der Waals surface area contributed by atoms with Gasteiger partial charge in [-0.1, -0.05) is 109 Å². The smallest absolute Gasteiger partial charge is 0.455 e. The summed E-state index contributed by atoms with van der Waals surface area (Å²) in [6.07, 6.45) is -5.40. The molecule has 1 N–H and O–H groups in total. The maximum Gasteiger partial charge on any atom is 0.455 e. The van der Waals surface area contributed by atoms with Crippen LogP contribution in [0.25, 0.3) is 16.6 Å². The molecule has 6 nitrogen and oxygen atoms in total. The third-order valence-corrected chi connectivity index (χ3v) is 12.5. The molecule has 0 aliphatic heterocycles. The van der Waals surface area contributed by atoms with Gasteiger partial charge >= 0.3 is 6.18 Å². The Bertz CT molecular complexity index is 2700. The van der Waals surface area contributed by atoms with Crippen LogP contribution in [0.5, 0.6) is 5.75 Å². The largest absolute Gasteiger partial charge is 0.506 e. The standard InChI is InChI=1S/C29H17F5N2O3.C18H15OP.Eu/c30-17-6-10-20(11-7-17)35(21-12-8-18(31)9-13-21)22-14-15-23-24(16-22)36(19-4-2-1-3-5-19)28(39)25(26(23)37)27(38)29(32,33)34;19-20(16-10-4-1-5-11-16,17-12-6-2-7-13-17)18-14-8-3-9-15-18;/h1-16,37H;1-15H;. The number of alkyl halides is 3. The summed E-state index contributed by atoms with van der Waals surface area (Å²) < 4.78 is 82.2. The minimum atomic E-state index is -5.40. The topological polar surface area (TPSA) is 79.6 Å². The second-order valence-corrected chi connectivity index (χ2v) is 15.9. The van der Waals surface area contributed by atoms with Gasteiger partial charge in [0, 0.05) is 93.4 Å². The molecular weight excluding hydrogens is 934 g/mol. The first kappa shape index (κ1) is 44.0. The summed E-state index contributed by atoms with van der Waals surface area (Å²) >= 11 is 0. The third-order valence-electron chi connectivity index (χ3n) is 9.42. The van der Waals surface area contributed by atoms with Crippen LogP contribution >= 0.6 is 7.14 Å². The quantitative estimate of drug-likeness (QED) is 0.0932. The van der Waals surface area contributed by atoms with E-state index in [4.69, 9.17) is 0 Å². The van der Waals surface area contributed by atoms with Crippen molar-refractivity contribution in [2.75, 3.05) is 4.90 Å². The van der Waals surface area contributed by atoms with Crippen LogP contribution in [0.2, 0.25) is 0 Å². The number of pyridine rings is 1. The first-order valence-electron chi connectivity index (χ1n) is 18.0. The van der Waals surface area contributed by atoms with Crippen LogP contribution in [-0.4, -0.2) is 21.6 Å². The molecule has 1 heterocycles. The van der Waals surface area contributed by atoms with Crippen molar-refractivity contribution < 1.29 is 85.8 Å². The molecule has 1 radical (unpaired) electrons. The molecular formula is C47H32EuF5N2O4P. The van der Waals surface area contributed by atoms with E-state index in [0.29, 0.717) is 17.1 Å². The van der Waals surface area contributed by atoms with Gasteiger partial charge in [0.05, 0.1) is 5.52 Å². The second kappa shape index (κ2) is 18.8. The Morgan fingerprint density at radius 3 is 1.35 bits per heavy atom. The zero-order chi connectivity index (χ0) is 41.7. The number of anilines is 3. The molecule has 0 saturated heterocycles. The van der Waals surface area contributed by atoms with Crippen molar-refractivity contribution in [2.45, 2.75) is 6.18 Å². The average molecular weight is 967 g/mol. The summed E-state index contributed by atoms with van der Waals surface area (Å²) in [6, 6.07) is 51.7. The van der Waals surface area contributed by atoms with E-state index in [9.17, 15) is 41.2 Å².